The van der Waals surface area contributed by atoms with Crippen molar-refractivity contribution in [3.63, 3.8) is 0 Å². The van der Waals surface area contributed by atoms with Gasteiger partial charge in [-0.15, -0.1) is 0 Å². The van der Waals surface area contributed by atoms with Gasteiger partial charge in [-0.1, -0.05) is 37.6 Å². The number of hydrogen-bond acceptors (Lipinski definition) is 4. The molecule has 0 saturated carbocycles. The first-order valence-corrected chi connectivity index (χ1v) is 11.2. The monoisotopic (exact) mass is 434 g/mol. The Kier molecular flexibility index (Phi) is 6.56. The van der Waals surface area contributed by atoms with Crippen LogP contribution in [0.15, 0.2) is 53.7 Å². The van der Waals surface area contributed by atoms with E-state index in [4.69, 9.17) is 11.6 Å². The standard InChI is InChI=1S/C20H23ClN4O3S/c1-3-25(4-2)29(27,28)15-9-10-19-18(13-15)22-14-24(19)12-11-20(26)23-17-8-6-5-7-16(17)21/h5-10,13-14H,3-4,11-12H2,1-2H3,(H,23,26). The summed E-state index contributed by atoms with van der Waals surface area (Å²) in [6.07, 6.45) is 1.84. The maximum Gasteiger partial charge on any atom is 0.243 e. The lowest BCUT2D eigenvalue weighted by atomic mass is 10.3. The van der Waals surface area contributed by atoms with E-state index < -0.39 is 10.0 Å². The quantitative estimate of drug-likeness (QED) is 0.585. The molecule has 0 aliphatic rings. The molecule has 29 heavy (non-hydrogen) atoms. The van der Waals surface area contributed by atoms with Crippen molar-refractivity contribution in [2.75, 3.05) is 18.4 Å². The van der Waals surface area contributed by atoms with E-state index in [1.54, 1.807) is 48.8 Å². The van der Waals surface area contributed by atoms with Crippen molar-refractivity contribution in [1.29, 1.82) is 0 Å². The number of nitrogens with zero attached hydrogens (tertiary/aromatic N) is 3. The van der Waals surface area contributed by atoms with Crippen LogP contribution < -0.4 is 5.32 Å². The number of halogens is 1. The number of carbonyl (C=O) groups excluding carboxylic acids is 1. The molecule has 0 saturated heterocycles. The maximum absolute atomic E-state index is 12.7. The molecule has 0 aliphatic heterocycles. The van der Waals surface area contributed by atoms with Gasteiger partial charge in [0.2, 0.25) is 15.9 Å². The number of anilines is 1. The van der Waals surface area contributed by atoms with E-state index in [1.165, 1.54) is 4.31 Å². The van der Waals surface area contributed by atoms with Crippen LogP contribution in [0.4, 0.5) is 5.69 Å². The van der Waals surface area contributed by atoms with E-state index in [-0.39, 0.29) is 17.2 Å². The minimum absolute atomic E-state index is 0.166. The van der Waals surface area contributed by atoms with Crippen LogP contribution in [0.2, 0.25) is 5.02 Å². The normalized spacial score (nSPS) is 11.9. The summed E-state index contributed by atoms with van der Waals surface area (Å²) in [4.78, 5) is 16.8. The van der Waals surface area contributed by atoms with Crippen LogP contribution in [0, 0.1) is 0 Å². The molecule has 0 fully saturated rings. The Bertz CT molecular complexity index is 1120. The van der Waals surface area contributed by atoms with Crippen molar-refractivity contribution in [3.05, 3.63) is 53.8 Å². The molecule has 9 heteroatoms. The van der Waals surface area contributed by atoms with Gasteiger partial charge in [0.15, 0.2) is 0 Å². The van der Waals surface area contributed by atoms with E-state index in [1.807, 2.05) is 18.4 Å². The highest BCUT2D eigenvalue weighted by Crippen LogP contribution is 2.22. The summed E-state index contributed by atoms with van der Waals surface area (Å²) >= 11 is 6.06. The molecule has 0 aliphatic carbocycles. The number of nitrogens with one attached hydrogen (secondary N) is 1. The van der Waals surface area contributed by atoms with Crippen molar-refractivity contribution in [1.82, 2.24) is 13.9 Å². The molecule has 0 radical (unpaired) electrons. The minimum Gasteiger partial charge on any atom is -0.330 e. The van der Waals surface area contributed by atoms with Crippen LogP contribution >= 0.6 is 11.6 Å². The molecule has 1 N–H and O–H groups in total. The topological polar surface area (TPSA) is 84.3 Å². The Morgan fingerprint density at radius 3 is 2.59 bits per heavy atom. The number of imidazole rings is 1. The number of hydrogen-bond donors (Lipinski definition) is 1. The molecule has 0 bridgehead atoms. The van der Waals surface area contributed by atoms with Crippen molar-refractivity contribution in [2.24, 2.45) is 0 Å². The number of sulfonamides is 1. The lowest BCUT2D eigenvalue weighted by Gasteiger charge is -2.18. The molecule has 2 aromatic carbocycles. The molecule has 0 unspecified atom stereocenters. The zero-order valence-electron chi connectivity index (χ0n) is 16.3. The molecule has 0 atom stereocenters. The molecule has 3 rings (SSSR count). The number of para-hydroxylation sites is 1. The van der Waals surface area contributed by atoms with Crippen LogP contribution in [-0.2, 0) is 21.4 Å². The van der Waals surface area contributed by atoms with Crippen LogP contribution in [0.25, 0.3) is 11.0 Å². The smallest absolute Gasteiger partial charge is 0.243 e. The third-order valence-electron chi connectivity index (χ3n) is 4.66. The van der Waals surface area contributed by atoms with Gasteiger partial charge in [0.05, 0.1) is 33.0 Å². The van der Waals surface area contributed by atoms with E-state index in [0.29, 0.717) is 35.9 Å². The van der Waals surface area contributed by atoms with Gasteiger partial charge in [0.25, 0.3) is 0 Å². The second-order valence-electron chi connectivity index (χ2n) is 6.46. The Balaban J connectivity index is 1.73. The minimum atomic E-state index is -3.54. The number of rotatable bonds is 8. The van der Waals surface area contributed by atoms with Gasteiger partial charge in [0.1, 0.15) is 0 Å². The number of aryl methyl sites for hydroxylation is 1. The van der Waals surface area contributed by atoms with Gasteiger partial charge < -0.3 is 9.88 Å². The van der Waals surface area contributed by atoms with Crippen LogP contribution in [0.5, 0.6) is 0 Å². The average Bonchev–Trinajstić information content (AvgIpc) is 3.11. The first-order chi connectivity index (χ1) is 13.9. The summed E-state index contributed by atoms with van der Waals surface area (Å²) < 4.78 is 28.6. The van der Waals surface area contributed by atoms with E-state index in [9.17, 15) is 13.2 Å². The summed E-state index contributed by atoms with van der Waals surface area (Å²) in [6, 6.07) is 11.9. The lowest BCUT2D eigenvalue weighted by Crippen LogP contribution is -2.30. The second-order valence-corrected chi connectivity index (χ2v) is 8.80. The molecule has 0 spiro atoms. The SMILES string of the molecule is CCN(CC)S(=O)(=O)c1ccc2c(c1)ncn2CCC(=O)Nc1ccccc1Cl. The number of benzene rings is 2. The fraction of sp³-hybridized carbons (Fsp3) is 0.300. The van der Waals surface area contributed by atoms with Gasteiger partial charge in [-0.25, -0.2) is 13.4 Å². The summed E-state index contributed by atoms with van der Waals surface area (Å²) in [5.74, 6) is -0.166. The molecular formula is C20H23ClN4O3S. The highest BCUT2D eigenvalue weighted by atomic mass is 35.5. The van der Waals surface area contributed by atoms with E-state index in [2.05, 4.69) is 10.3 Å². The summed E-state index contributed by atoms with van der Waals surface area (Å²) in [6.45, 7) is 4.84. The van der Waals surface area contributed by atoms with Crippen LogP contribution in [0.3, 0.4) is 0 Å². The average molecular weight is 435 g/mol. The number of fused-ring (bicyclic) bond motifs is 1. The maximum atomic E-state index is 12.7. The van der Waals surface area contributed by atoms with Gasteiger partial charge >= 0.3 is 0 Å². The molecule has 154 valence electrons. The van der Waals surface area contributed by atoms with Crippen molar-refractivity contribution < 1.29 is 13.2 Å². The van der Waals surface area contributed by atoms with Crippen LogP contribution in [0.1, 0.15) is 20.3 Å². The first-order valence-electron chi connectivity index (χ1n) is 9.36. The van der Waals surface area contributed by atoms with Gasteiger partial charge in [0, 0.05) is 26.1 Å². The molecule has 1 amide bonds. The fourth-order valence-corrected chi connectivity index (χ4v) is 4.75. The number of amides is 1. The molecule has 7 nitrogen and oxygen atoms in total. The van der Waals surface area contributed by atoms with E-state index in [0.717, 1.165) is 5.52 Å². The fourth-order valence-electron chi connectivity index (χ4n) is 3.09. The summed E-state index contributed by atoms with van der Waals surface area (Å²) in [5, 5.41) is 3.27. The molecule has 1 heterocycles. The highest BCUT2D eigenvalue weighted by Gasteiger charge is 2.22. The molecule has 1 aromatic heterocycles. The molecule has 3 aromatic rings. The van der Waals surface area contributed by atoms with Gasteiger partial charge in [-0.3, -0.25) is 4.79 Å². The highest BCUT2D eigenvalue weighted by molar-refractivity contribution is 7.89. The summed E-state index contributed by atoms with van der Waals surface area (Å²) in [7, 11) is -3.54. The number of carbonyl (C=O) groups is 1. The zero-order valence-corrected chi connectivity index (χ0v) is 17.9. The lowest BCUT2D eigenvalue weighted by molar-refractivity contribution is -0.116. The largest absolute Gasteiger partial charge is 0.330 e. The van der Waals surface area contributed by atoms with Crippen molar-refractivity contribution in [3.8, 4) is 0 Å². The van der Waals surface area contributed by atoms with Gasteiger partial charge in [-0.05, 0) is 30.3 Å². The predicted octanol–water partition coefficient (Wildman–Crippen LogP) is 3.75. The Labute approximate surface area is 175 Å². The van der Waals surface area contributed by atoms with Gasteiger partial charge in [-0.2, -0.15) is 4.31 Å². The third-order valence-corrected chi connectivity index (χ3v) is 7.04. The van der Waals surface area contributed by atoms with Crippen molar-refractivity contribution >= 4 is 44.3 Å². The predicted molar refractivity (Wildman–Crippen MR) is 115 cm³/mol. The Morgan fingerprint density at radius 1 is 1.17 bits per heavy atom. The third kappa shape index (κ3) is 4.60. The Morgan fingerprint density at radius 2 is 1.90 bits per heavy atom. The zero-order chi connectivity index (χ0) is 21.0. The van der Waals surface area contributed by atoms with Crippen molar-refractivity contribution in [2.45, 2.75) is 31.7 Å². The second kappa shape index (κ2) is 8.94. The number of aromatic nitrogens is 2. The van der Waals surface area contributed by atoms with Crippen LogP contribution in [-0.4, -0.2) is 41.3 Å². The Hall–Kier alpha value is -2.42. The first kappa shape index (κ1) is 21.3. The molecular weight excluding hydrogens is 412 g/mol. The van der Waals surface area contributed by atoms with E-state index >= 15 is 0 Å². The summed E-state index contributed by atoms with van der Waals surface area (Å²) in [5.41, 5.74) is 1.92.